The molecule has 0 aromatic carbocycles. The van der Waals surface area contributed by atoms with Crippen LogP contribution in [0.25, 0.3) is 10.4 Å². The molecular weight excluding hydrogens is 438 g/mol. The summed E-state index contributed by atoms with van der Waals surface area (Å²) in [6.45, 7) is 13.8. The first kappa shape index (κ1) is 25.1. The van der Waals surface area contributed by atoms with Crippen LogP contribution in [-0.4, -0.2) is 62.1 Å². The van der Waals surface area contributed by atoms with Gasteiger partial charge in [0.2, 0.25) is 0 Å². The summed E-state index contributed by atoms with van der Waals surface area (Å²) in [6.07, 6.45) is 3.65. The molecule has 8 nitrogen and oxygen atoms in total. The Labute approximate surface area is 199 Å². The summed E-state index contributed by atoms with van der Waals surface area (Å²) < 4.78 is 0. The summed E-state index contributed by atoms with van der Waals surface area (Å²) in [7, 11) is 0. The number of hydrogen-bond acceptors (Lipinski definition) is 7. The zero-order valence-corrected chi connectivity index (χ0v) is 21.3. The van der Waals surface area contributed by atoms with E-state index >= 15 is 0 Å². The standard InChI is InChI=1S/C24H35N5O3S/c1-13(2)26-18-11-14(3)17(12-25-18)20-19(23(31)29-10-8-9-15(29)4)28-22(33-20)21(30)27-16(5)24(6,7)32/h11-13,15-16,32H,8-10H2,1-7H3,(H,25,26)(H,27,30)/t15-,16-/m0/s1. The summed E-state index contributed by atoms with van der Waals surface area (Å²) >= 11 is 1.18. The predicted octanol–water partition coefficient (Wildman–Crippen LogP) is 3.85. The molecule has 0 radical (unpaired) electrons. The van der Waals surface area contributed by atoms with E-state index in [0.717, 1.165) is 29.8 Å². The summed E-state index contributed by atoms with van der Waals surface area (Å²) in [5.74, 6) is 0.187. The average Bonchev–Trinajstić information content (AvgIpc) is 3.33. The molecule has 2 atom stereocenters. The van der Waals surface area contributed by atoms with Crippen molar-refractivity contribution in [1.29, 1.82) is 0 Å². The fourth-order valence-electron chi connectivity index (χ4n) is 3.72. The summed E-state index contributed by atoms with van der Waals surface area (Å²) in [6, 6.07) is 1.84. The number of nitrogens with one attached hydrogen (secondary N) is 2. The van der Waals surface area contributed by atoms with Crippen LogP contribution in [0, 0.1) is 6.92 Å². The van der Waals surface area contributed by atoms with Crippen LogP contribution in [0.1, 0.15) is 80.2 Å². The van der Waals surface area contributed by atoms with Crippen LogP contribution in [0.2, 0.25) is 0 Å². The van der Waals surface area contributed by atoms with E-state index in [1.807, 2.05) is 38.7 Å². The molecule has 9 heteroatoms. The Morgan fingerprint density at radius 2 is 2.00 bits per heavy atom. The van der Waals surface area contributed by atoms with Crippen molar-refractivity contribution in [3.63, 3.8) is 0 Å². The third kappa shape index (κ3) is 5.70. The number of anilines is 1. The molecule has 0 saturated carbocycles. The van der Waals surface area contributed by atoms with Gasteiger partial charge in [-0.1, -0.05) is 0 Å². The molecule has 2 aromatic heterocycles. The number of rotatable bonds is 7. The number of amides is 2. The number of aliphatic hydroxyl groups is 1. The van der Waals surface area contributed by atoms with Gasteiger partial charge in [-0.15, -0.1) is 11.3 Å². The molecule has 2 aromatic rings. The maximum Gasteiger partial charge on any atom is 0.280 e. The summed E-state index contributed by atoms with van der Waals surface area (Å²) in [5, 5.41) is 16.5. The lowest BCUT2D eigenvalue weighted by molar-refractivity contribution is 0.0408. The van der Waals surface area contributed by atoms with Crippen molar-refractivity contribution in [1.82, 2.24) is 20.2 Å². The van der Waals surface area contributed by atoms with E-state index in [2.05, 4.69) is 20.6 Å². The van der Waals surface area contributed by atoms with Crippen LogP contribution >= 0.6 is 11.3 Å². The second kappa shape index (κ2) is 9.77. The highest BCUT2D eigenvalue weighted by atomic mass is 32.1. The molecule has 33 heavy (non-hydrogen) atoms. The first-order chi connectivity index (χ1) is 15.4. The molecule has 0 bridgehead atoms. The van der Waals surface area contributed by atoms with Crippen molar-refractivity contribution >= 4 is 29.0 Å². The van der Waals surface area contributed by atoms with Crippen molar-refractivity contribution < 1.29 is 14.7 Å². The van der Waals surface area contributed by atoms with E-state index in [-0.39, 0.29) is 28.7 Å². The minimum Gasteiger partial charge on any atom is -0.388 e. The quantitative estimate of drug-likeness (QED) is 0.564. The lowest BCUT2D eigenvalue weighted by Gasteiger charge is -2.26. The zero-order valence-electron chi connectivity index (χ0n) is 20.5. The molecule has 1 fully saturated rings. The van der Waals surface area contributed by atoms with Gasteiger partial charge < -0.3 is 20.6 Å². The van der Waals surface area contributed by atoms with E-state index in [1.165, 1.54) is 11.3 Å². The second-order valence-electron chi connectivity index (χ2n) is 9.72. The molecule has 3 N–H and O–H groups in total. The smallest absolute Gasteiger partial charge is 0.280 e. The van der Waals surface area contributed by atoms with E-state index in [4.69, 9.17) is 0 Å². The van der Waals surface area contributed by atoms with Crippen LogP contribution < -0.4 is 10.6 Å². The molecule has 0 unspecified atom stereocenters. The van der Waals surface area contributed by atoms with Gasteiger partial charge >= 0.3 is 0 Å². The van der Waals surface area contributed by atoms with E-state index in [1.54, 1.807) is 27.0 Å². The Bertz CT molecular complexity index is 1030. The van der Waals surface area contributed by atoms with Crippen LogP contribution in [0.4, 0.5) is 5.82 Å². The Kier molecular flexibility index (Phi) is 7.43. The van der Waals surface area contributed by atoms with Crippen LogP contribution in [0.15, 0.2) is 12.3 Å². The van der Waals surface area contributed by atoms with Gasteiger partial charge in [0, 0.05) is 30.4 Å². The fraction of sp³-hybridized carbons (Fsp3) is 0.583. The molecule has 1 aliphatic heterocycles. The van der Waals surface area contributed by atoms with Gasteiger partial charge in [0.15, 0.2) is 5.01 Å². The molecular formula is C24H35N5O3S. The number of carbonyl (C=O) groups excluding carboxylic acids is 2. The third-order valence-electron chi connectivity index (χ3n) is 6.04. The molecule has 2 amide bonds. The maximum atomic E-state index is 13.5. The van der Waals surface area contributed by atoms with Crippen LogP contribution in [0.3, 0.4) is 0 Å². The highest BCUT2D eigenvalue weighted by molar-refractivity contribution is 7.17. The second-order valence-corrected chi connectivity index (χ2v) is 10.7. The van der Waals surface area contributed by atoms with Gasteiger partial charge in [-0.2, -0.15) is 0 Å². The average molecular weight is 474 g/mol. The molecule has 180 valence electrons. The number of likely N-dealkylation sites (tertiary alicyclic amines) is 1. The molecule has 1 aliphatic rings. The molecule has 0 aliphatic carbocycles. The van der Waals surface area contributed by atoms with E-state index in [0.29, 0.717) is 11.4 Å². The first-order valence-corrected chi connectivity index (χ1v) is 12.3. The molecule has 0 spiro atoms. The van der Waals surface area contributed by atoms with Gasteiger partial charge in [0.1, 0.15) is 11.5 Å². The highest BCUT2D eigenvalue weighted by Crippen LogP contribution is 2.35. The third-order valence-corrected chi connectivity index (χ3v) is 7.12. The van der Waals surface area contributed by atoms with Crippen molar-refractivity contribution in [2.75, 3.05) is 11.9 Å². The minimum atomic E-state index is -1.08. The topological polar surface area (TPSA) is 107 Å². The highest BCUT2D eigenvalue weighted by Gasteiger charge is 2.33. The summed E-state index contributed by atoms with van der Waals surface area (Å²) in [5.41, 5.74) is 0.923. The SMILES string of the molecule is Cc1cc(NC(C)C)ncc1-c1sc(C(=O)N[C@@H](C)C(C)(C)O)nc1C(=O)N1CCC[C@@H]1C. The van der Waals surface area contributed by atoms with Gasteiger partial charge in [-0.05, 0) is 72.9 Å². The molecule has 3 heterocycles. The Hall–Kier alpha value is -2.52. The maximum absolute atomic E-state index is 13.5. The van der Waals surface area contributed by atoms with Crippen LogP contribution in [0.5, 0.6) is 0 Å². The van der Waals surface area contributed by atoms with Crippen molar-refractivity contribution in [3.05, 3.63) is 28.5 Å². The van der Waals surface area contributed by atoms with Crippen molar-refractivity contribution in [3.8, 4) is 10.4 Å². The number of carbonyl (C=O) groups is 2. The normalized spacial score (nSPS) is 17.4. The lowest BCUT2D eigenvalue weighted by Crippen LogP contribution is -2.47. The molecule has 3 rings (SSSR count). The Morgan fingerprint density at radius 3 is 2.55 bits per heavy atom. The largest absolute Gasteiger partial charge is 0.388 e. The number of aromatic nitrogens is 2. The van der Waals surface area contributed by atoms with Gasteiger partial charge in [-0.25, -0.2) is 9.97 Å². The number of aryl methyl sites for hydroxylation is 1. The number of nitrogens with zero attached hydrogens (tertiary/aromatic N) is 3. The van der Waals surface area contributed by atoms with Crippen LogP contribution in [-0.2, 0) is 0 Å². The Balaban J connectivity index is 2.02. The monoisotopic (exact) mass is 473 g/mol. The minimum absolute atomic E-state index is 0.136. The number of hydrogen-bond donors (Lipinski definition) is 3. The summed E-state index contributed by atoms with van der Waals surface area (Å²) in [4.78, 5) is 37.9. The number of pyridine rings is 1. The Morgan fingerprint density at radius 1 is 1.30 bits per heavy atom. The predicted molar refractivity (Wildman–Crippen MR) is 132 cm³/mol. The lowest BCUT2D eigenvalue weighted by atomic mass is 10.0. The number of thiazole rings is 1. The van der Waals surface area contributed by atoms with Gasteiger partial charge in [-0.3, -0.25) is 9.59 Å². The van der Waals surface area contributed by atoms with Gasteiger partial charge in [0.05, 0.1) is 16.5 Å². The van der Waals surface area contributed by atoms with Gasteiger partial charge in [0.25, 0.3) is 11.8 Å². The van der Waals surface area contributed by atoms with E-state index in [9.17, 15) is 14.7 Å². The molecule has 1 saturated heterocycles. The fourth-order valence-corrected chi connectivity index (χ4v) is 4.75. The van der Waals surface area contributed by atoms with Crippen molar-refractivity contribution in [2.24, 2.45) is 0 Å². The van der Waals surface area contributed by atoms with Crippen molar-refractivity contribution in [2.45, 2.75) is 85.0 Å². The zero-order chi connectivity index (χ0) is 24.5. The van der Waals surface area contributed by atoms with E-state index < -0.39 is 17.6 Å². The first-order valence-electron chi connectivity index (χ1n) is 11.5.